The van der Waals surface area contributed by atoms with Crippen molar-refractivity contribution in [3.63, 3.8) is 0 Å². The zero-order valence-electron chi connectivity index (χ0n) is 16.3. The van der Waals surface area contributed by atoms with E-state index in [-0.39, 0.29) is 16.7 Å². The summed E-state index contributed by atoms with van der Waals surface area (Å²) in [6.07, 6.45) is 5.05. The highest BCUT2D eigenvalue weighted by molar-refractivity contribution is 7.91. The van der Waals surface area contributed by atoms with Crippen LogP contribution in [0.1, 0.15) is 25.7 Å². The molecule has 4 heterocycles. The van der Waals surface area contributed by atoms with Gasteiger partial charge in [0, 0.05) is 36.7 Å². The van der Waals surface area contributed by atoms with Gasteiger partial charge in [0.15, 0.2) is 0 Å². The molecule has 0 unspecified atom stereocenters. The van der Waals surface area contributed by atoms with Gasteiger partial charge in [-0.3, -0.25) is 9.78 Å². The molecule has 9 nitrogen and oxygen atoms in total. The standard InChI is InChI=1S/C19H21N5O4S2/c1-2-16-22-18(23-28-16)14-9-17(29-12-14)30(26,27)24-8-4-5-13(11-24)19(25)21-15-6-3-7-20-10-15/h3,6-7,9-10,12-13H,2,4-5,8,11H2,1H3,(H,21,25)/t13-/m0/s1. The number of sulfonamides is 1. The lowest BCUT2D eigenvalue weighted by atomic mass is 9.99. The number of carbonyl (C=O) groups is 1. The Labute approximate surface area is 178 Å². The predicted octanol–water partition coefficient (Wildman–Crippen LogP) is 2.79. The molecule has 0 aromatic carbocycles. The number of rotatable bonds is 6. The van der Waals surface area contributed by atoms with Crippen LogP contribution in [-0.4, -0.2) is 46.8 Å². The Balaban J connectivity index is 1.48. The third-order valence-electron chi connectivity index (χ3n) is 4.88. The van der Waals surface area contributed by atoms with Crippen molar-refractivity contribution in [1.82, 2.24) is 19.4 Å². The maximum atomic E-state index is 13.2. The largest absolute Gasteiger partial charge is 0.339 e. The van der Waals surface area contributed by atoms with Crippen molar-refractivity contribution >= 4 is 33.0 Å². The Kier molecular flexibility index (Phi) is 5.93. The molecule has 1 N–H and O–H groups in total. The molecule has 0 saturated carbocycles. The number of hydrogen-bond acceptors (Lipinski definition) is 8. The van der Waals surface area contributed by atoms with Gasteiger partial charge in [0.05, 0.1) is 17.8 Å². The number of hydrogen-bond donors (Lipinski definition) is 1. The number of anilines is 1. The minimum atomic E-state index is -3.71. The van der Waals surface area contributed by atoms with Crippen LogP contribution in [0.2, 0.25) is 0 Å². The Hall–Kier alpha value is -2.63. The van der Waals surface area contributed by atoms with E-state index in [1.54, 1.807) is 36.0 Å². The Morgan fingerprint density at radius 1 is 1.43 bits per heavy atom. The second-order valence-electron chi connectivity index (χ2n) is 6.95. The number of piperidine rings is 1. The van der Waals surface area contributed by atoms with Gasteiger partial charge < -0.3 is 9.84 Å². The first kappa shape index (κ1) is 20.6. The number of amides is 1. The number of aryl methyl sites for hydroxylation is 1. The van der Waals surface area contributed by atoms with E-state index in [2.05, 4.69) is 20.4 Å². The molecule has 158 valence electrons. The van der Waals surface area contributed by atoms with Crippen molar-refractivity contribution in [2.45, 2.75) is 30.4 Å². The maximum absolute atomic E-state index is 13.2. The van der Waals surface area contributed by atoms with Crippen molar-refractivity contribution in [3.05, 3.63) is 41.9 Å². The molecule has 4 rings (SSSR count). The minimum Gasteiger partial charge on any atom is -0.339 e. The zero-order valence-corrected chi connectivity index (χ0v) is 17.9. The van der Waals surface area contributed by atoms with Gasteiger partial charge in [-0.15, -0.1) is 11.3 Å². The molecule has 1 amide bonds. The van der Waals surface area contributed by atoms with Crippen LogP contribution in [0.4, 0.5) is 5.69 Å². The molecule has 30 heavy (non-hydrogen) atoms. The van der Waals surface area contributed by atoms with Gasteiger partial charge in [-0.1, -0.05) is 12.1 Å². The summed E-state index contributed by atoms with van der Waals surface area (Å²) in [6.45, 7) is 2.43. The molecule has 3 aromatic heterocycles. The molecule has 1 aliphatic rings. The highest BCUT2D eigenvalue weighted by Crippen LogP contribution is 2.31. The van der Waals surface area contributed by atoms with Crippen molar-refractivity contribution in [2.75, 3.05) is 18.4 Å². The second-order valence-corrected chi connectivity index (χ2v) is 10.0. The Bertz CT molecular complexity index is 1130. The molecule has 11 heteroatoms. The number of pyridine rings is 1. The SMILES string of the molecule is CCc1nc(-c2csc(S(=O)(=O)N3CCC[C@H](C(=O)Nc4cccnc4)C3)c2)no1. The van der Waals surface area contributed by atoms with E-state index in [1.807, 2.05) is 6.92 Å². The second kappa shape index (κ2) is 8.62. The van der Waals surface area contributed by atoms with Gasteiger partial charge in [0.1, 0.15) is 4.21 Å². The van der Waals surface area contributed by atoms with Crippen molar-refractivity contribution in [3.8, 4) is 11.4 Å². The van der Waals surface area contributed by atoms with Gasteiger partial charge in [-0.2, -0.15) is 9.29 Å². The summed E-state index contributed by atoms with van der Waals surface area (Å²) in [5.74, 6) is 0.252. The van der Waals surface area contributed by atoms with Crippen LogP contribution >= 0.6 is 11.3 Å². The number of nitrogens with one attached hydrogen (secondary N) is 1. The summed E-state index contributed by atoms with van der Waals surface area (Å²) in [5.41, 5.74) is 1.20. The summed E-state index contributed by atoms with van der Waals surface area (Å²) in [6, 6.07) is 5.04. The van der Waals surface area contributed by atoms with Gasteiger partial charge >= 0.3 is 0 Å². The molecular weight excluding hydrogens is 426 g/mol. The number of carbonyl (C=O) groups excluding carboxylic acids is 1. The molecule has 0 radical (unpaired) electrons. The van der Waals surface area contributed by atoms with E-state index in [0.717, 1.165) is 11.3 Å². The maximum Gasteiger partial charge on any atom is 0.252 e. The molecule has 3 aromatic rings. The summed E-state index contributed by atoms with van der Waals surface area (Å²) in [7, 11) is -3.71. The van der Waals surface area contributed by atoms with E-state index < -0.39 is 15.9 Å². The van der Waals surface area contributed by atoms with Crippen molar-refractivity contribution < 1.29 is 17.7 Å². The number of thiophene rings is 1. The third-order valence-corrected chi connectivity index (χ3v) is 8.16. The lowest BCUT2D eigenvalue weighted by Gasteiger charge is -2.30. The van der Waals surface area contributed by atoms with Crippen molar-refractivity contribution in [2.24, 2.45) is 5.92 Å². The highest BCUT2D eigenvalue weighted by Gasteiger charge is 2.34. The van der Waals surface area contributed by atoms with Gasteiger partial charge in [-0.05, 0) is 31.0 Å². The molecule has 0 aliphatic carbocycles. The first-order chi connectivity index (χ1) is 14.5. The summed E-state index contributed by atoms with van der Waals surface area (Å²) in [5, 5.41) is 8.41. The average molecular weight is 448 g/mol. The monoisotopic (exact) mass is 447 g/mol. The first-order valence-electron chi connectivity index (χ1n) is 9.60. The average Bonchev–Trinajstić information content (AvgIpc) is 3.44. The van der Waals surface area contributed by atoms with Crippen molar-refractivity contribution in [1.29, 1.82) is 0 Å². The zero-order chi connectivity index (χ0) is 21.1. The summed E-state index contributed by atoms with van der Waals surface area (Å²) in [4.78, 5) is 20.8. The molecule has 1 atom stereocenters. The fourth-order valence-electron chi connectivity index (χ4n) is 3.27. The van der Waals surface area contributed by atoms with Crippen LogP contribution < -0.4 is 5.32 Å². The highest BCUT2D eigenvalue weighted by atomic mass is 32.2. The molecule has 0 spiro atoms. The van der Waals surface area contributed by atoms with E-state index in [0.29, 0.717) is 48.8 Å². The van der Waals surface area contributed by atoms with Gasteiger partial charge in [0.2, 0.25) is 17.6 Å². The van der Waals surface area contributed by atoms with Gasteiger partial charge in [0.25, 0.3) is 10.0 Å². The van der Waals surface area contributed by atoms with E-state index in [4.69, 9.17) is 4.52 Å². The van der Waals surface area contributed by atoms with Crippen LogP contribution in [0.5, 0.6) is 0 Å². The van der Waals surface area contributed by atoms with Crippen LogP contribution in [0.15, 0.2) is 44.7 Å². The Morgan fingerprint density at radius 2 is 2.30 bits per heavy atom. The van der Waals surface area contributed by atoms with Crippen LogP contribution in [0.25, 0.3) is 11.4 Å². The molecule has 1 saturated heterocycles. The minimum absolute atomic E-state index is 0.143. The fraction of sp³-hybridized carbons (Fsp3) is 0.368. The van der Waals surface area contributed by atoms with E-state index in [9.17, 15) is 13.2 Å². The molecule has 1 aliphatic heterocycles. The molecule has 1 fully saturated rings. The summed E-state index contributed by atoms with van der Waals surface area (Å²) >= 11 is 1.11. The predicted molar refractivity (Wildman–Crippen MR) is 111 cm³/mol. The van der Waals surface area contributed by atoms with E-state index in [1.165, 1.54) is 4.31 Å². The van der Waals surface area contributed by atoms with Crippen LogP contribution in [0.3, 0.4) is 0 Å². The lowest BCUT2D eigenvalue weighted by molar-refractivity contribution is -0.120. The van der Waals surface area contributed by atoms with Crippen LogP contribution in [-0.2, 0) is 21.2 Å². The summed E-state index contributed by atoms with van der Waals surface area (Å²) < 4.78 is 33.0. The van der Waals surface area contributed by atoms with Gasteiger partial charge in [-0.25, -0.2) is 8.42 Å². The molecular formula is C19H21N5O4S2. The third kappa shape index (κ3) is 4.27. The quantitative estimate of drug-likeness (QED) is 0.617. The molecule has 0 bridgehead atoms. The lowest BCUT2D eigenvalue weighted by Crippen LogP contribution is -2.43. The van der Waals surface area contributed by atoms with Crippen LogP contribution in [0, 0.1) is 5.92 Å². The Morgan fingerprint density at radius 3 is 3.03 bits per heavy atom. The normalized spacial score (nSPS) is 17.7. The number of aromatic nitrogens is 3. The smallest absolute Gasteiger partial charge is 0.252 e. The first-order valence-corrected chi connectivity index (χ1v) is 11.9. The van der Waals surface area contributed by atoms with E-state index >= 15 is 0 Å². The number of nitrogens with zero attached hydrogens (tertiary/aromatic N) is 4. The fourth-order valence-corrected chi connectivity index (χ4v) is 6.10. The topological polar surface area (TPSA) is 118 Å².